The molecule has 0 fully saturated rings. The summed E-state index contributed by atoms with van der Waals surface area (Å²) >= 11 is 0. The van der Waals surface area contributed by atoms with Gasteiger partial charge >= 0.3 is 0 Å². The average molecular weight is 348 g/mol. The first-order chi connectivity index (χ1) is 11.3. The van der Waals surface area contributed by atoms with Crippen LogP contribution in [0, 0.1) is 11.3 Å². The Morgan fingerprint density at radius 1 is 1.42 bits per heavy atom. The molecule has 2 atom stereocenters. The molecule has 124 valence electrons. The Bertz CT molecular complexity index is 953. The number of hydrogen-bond donors (Lipinski definition) is 1. The maximum atomic E-state index is 14.0. The SMILES string of the molecule is CS(=O)(=O)c1ccc(Oc2cncc(C#N)c2)c2c1[C@H](O)[C@H](F)C2. The van der Waals surface area contributed by atoms with Gasteiger partial charge in [-0.2, -0.15) is 5.26 Å². The summed E-state index contributed by atoms with van der Waals surface area (Å²) in [7, 11) is -3.62. The molecule has 0 radical (unpaired) electrons. The smallest absolute Gasteiger partial charge is 0.175 e. The number of fused-ring (bicyclic) bond motifs is 1. The number of sulfone groups is 1. The minimum Gasteiger partial charge on any atom is -0.455 e. The summed E-state index contributed by atoms with van der Waals surface area (Å²) in [6.07, 6.45) is 0.481. The monoisotopic (exact) mass is 348 g/mol. The first-order valence-electron chi connectivity index (χ1n) is 7.02. The Balaban J connectivity index is 2.10. The van der Waals surface area contributed by atoms with Crippen LogP contribution in [-0.4, -0.2) is 30.9 Å². The van der Waals surface area contributed by atoms with Crippen molar-refractivity contribution < 1.29 is 22.7 Å². The van der Waals surface area contributed by atoms with Crippen molar-refractivity contribution in [3.8, 4) is 17.6 Å². The van der Waals surface area contributed by atoms with Gasteiger partial charge in [0, 0.05) is 36.1 Å². The summed E-state index contributed by atoms with van der Waals surface area (Å²) in [5.74, 6) is 0.494. The highest BCUT2D eigenvalue weighted by atomic mass is 32.2. The van der Waals surface area contributed by atoms with Crippen LogP contribution in [0.15, 0.2) is 35.5 Å². The van der Waals surface area contributed by atoms with E-state index in [0.717, 1.165) is 6.26 Å². The molecule has 1 aromatic heterocycles. The number of aromatic nitrogens is 1. The number of nitrogens with zero attached hydrogens (tertiary/aromatic N) is 2. The molecule has 0 saturated carbocycles. The van der Waals surface area contributed by atoms with E-state index in [-0.39, 0.29) is 28.4 Å². The molecule has 1 aliphatic rings. The van der Waals surface area contributed by atoms with E-state index < -0.39 is 22.1 Å². The van der Waals surface area contributed by atoms with Crippen LogP contribution in [0.4, 0.5) is 4.39 Å². The fraction of sp³-hybridized carbons (Fsp3) is 0.250. The number of aliphatic hydroxyl groups is 1. The molecule has 6 nitrogen and oxygen atoms in total. The molecule has 24 heavy (non-hydrogen) atoms. The first-order valence-corrected chi connectivity index (χ1v) is 8.91. The van der Waals surface area contributed by atoms with Gasteiger partial charge in [0.25, 0.3) is 0 Å². The minimum atomic E-state index is -3.62. The number of alkyl halides is 1. The highest BCUT2D eigenvalue weighted by Crippen LogP contribution is 2.43. The number of pyridine rings is 1. The van der Waals surface area contributed by atoms with Gasteiger partial charge in [-0.3, -0.25) is 4.98 Å². The Hall–Kier alpha value is -2.50. The number of ether oxygens (including phenoxy) is 1. The number of benzene rings is 1. The van der Waals surface area contributed by atoms with E-state index in [0.29, 0.717) is 11.1 Å². The van der Waals surface area contributed by atoms with Crippen LogP contribution in [0.5, 0.6) is 11.5 Å². The van der Waals surface area contributed by atoms with Crippen LogP contribution in [0.25, 0.3) is 0 Å². The summed E-state index contributed by atoms with van der Waals surface area (Å²) in [6, 6.07) is 6.09. The van der Waals surface area contributed by atoms with Crippen LogP contribution in [0.2, 0.25) is 0 Å². The summed E-state index contributed by atoms with van der Waals surface area (Å²) in [5, 5.41) is 18.9. The number of hydrogen-bond acceptors (Lipinski definition) is 6. The lowest BCUT2D eigenvalue weighted by atomic mass is 10.1. The van der Waals surface area contributed by atoms with Gasteiger partial charge in [0.1, 0.15) is 29.8 Å². The van der Waals surface area contributed by atoms with E-state index in [4.69, 9.17) is 10.00 Å². The van der Waals surface area contributed by atoms with Crippen molar-refractivity contribution in [2.24, 2.45) is 0 Å². The third-order valence-electron chi connectivity index (χ3n) is 3.78. The quantitative estimate of drug-likeness (QED) is 0.911. The van der Waals surface area contributed by atoms with Crippen LogP contribution >= 0.6 is 0 Å². The van der Waals surface area contributed by atoms with E-state index in [1.165, 1.54) is 30.6 Å². The summed E-state index contributed by atoms with van der Waals surface area (Å²) in [6.45, 7) is 0. The Kier molecular flexibility index (Phi) is 3.99. The van der Waals surface area contributed by atoms with E-state index in [1.54, 1.807) is 0 Å². The standard InChI is InChI=1S/C16H13FN2O4S/c1-24(21,22)14-3-2-13(11-5-12(17)16(20)15(11)14)23-10-4-9(6-18)7-19-8-10/h2-4,7-8,12,16,20H,5H2,1H3/t12-,16-/m1/s1. The van der Waals surface area contributed by atoms with Gasteiger partial charge in [0.2, 0.25) is 0 Å². The molecule has 1 N–H and O–H groups in total. The van der Waals surface area contributed by atoms with Gasteiger partial charge in [-0.25, -0.2) is 12.8 Å². The van der Waals surface area contributed by atoms with Crippen molar-refractivity contribution in [1.82, 2.24) is 4.98 Å². The minimum absolute atomic E-state index is 0.0342. The Morgan fingerprint density at radius 3 is 2.83 bits per heavy atom. The van der Waals surface area contributed by atoms with Gasteiger partial charge in [-0.15, -0.1) is 0 Å². The summed E-state index contributed by atoms with van der Waals surface area (Å²) < 4.78 is 43.4. The third kappa shape index (κ3) is 2.84. The van der Waals surface area contributed by atoms with Gasteiger partial charge in [-0.05, 0) is 12.1 Å². The molecule has 0 unspecified atom stereocenters. The van der Waals surface area contributed by atoms with E-state index >= 15 is 0 Å². The zero-order valence-electron chi connectivity index (χ0n) is 12.6. The Morgan fingerprint density at radius 2 is 2.17 bits per heavy atom. The van der Waals surface area contributed by atoms with Crippen molar-refractivity contribution in [1.29, 1.82) is 5.26 Å². The fourth-order valence-corrected chi connectivity index (χ4v) is 3.69. The second-order valence-electron chi connectivity index (χ2n) is 5.51. The predicted octanol–water partition coefficient (Wildman–Crippen LogP) is 2.08. The second-order valence-corrected chi connectivity index (χ2v) is 7.50. The highest BCUT2D eigenvalue weighted by Gasteiger charge is 2.37. The van der Waals surface area contributed by atoms with E-state index in [9.17, 15) is 17.9 Å². The van der Waals surface area contributed by atoms with Crippen molar-refractivity contribution >= 4 is 9.84 Å². The molecule has 2 aromatic rings. The topological polar surface area (TPSA) is 100 Å². The maximum absolute atomic E-state index is 14.0. The fourth-order valence-electron chi connectivity index (χ4n) is 2.73. The highest BCUT2D eigenvalue weighted by molar-refractivity contribution is 7.90. The summed E-state index contributed by atoms with van der Waals surface area (Å²) in [5.41, 5.74) is 0.632. The molecule has 0 saturated heterocycles. The molecule has 0 bridgehead atoms. The van der Waals surface area contributed by atoms with Gasteiger partial charge < -0.3 is 9.84 Å². The average Bonchev–Trinajstić information content (AvgIpc) is 2.83. The lowest BCUT2D eigenvalue weighted by molar-refractivity contribution is 0.0907. The van der Waals surface area contributed by atoms with E-state index in [2.05, 4.69) is 4.98 Å². The van der Waals surface area contributed by atoms with Crippen molar-refractivity contribution in [3.63, 3.8) is 0 Å². The van der Waals surface area contributed by atoms with Gasteiger partial charge in [-0.1, -0.05) is 0 Å². The van der Waals surface area contributed by atoms with Gasteiger partial charge in [0.05, 0.1) is 16.7 Å². The van der Waals surface area contributed by atoms with Crippen LogP contribution in [-0.2, 0) is 16.3 Å². The second kappa shape index (κ2) is 5.85. The van der Waals surface area contributed by atoms with E-state index in [1.807, 2.05) is 6.07 Å². The lowest BCUT2D eigenvalue weighted by Crippen LogP contribution is -2.10. The number of rotatable bonds is 3. The normalized spacial score (nSPS) is 19.6. The molecular weight excluding hydrogens is 335 g/mol. The maximum Gasteiger partial charge on any atom is 0.175 e. The predicted molar refractivity (Wildman–Crippen MR) is 82.1 cm³/mol. The van der Waals surface area contributed by atoms with Crippen molar-refractivity contribution in [2.75, 3.05) is 6.26 Å². The molecule has 0 amide bonds. The molecule has 8 heteroatoms. The lowest BCUT2D eigenvalue weighted by Gasteiger charge is -2.14. The van der Waals surface area contributed by atoms with Crippen LogP contribution in [0.1, 0.15) is 22.8 Å². The Labute approximate surface area is 138 Å². The molecule has 1 aromatic carbocycles. The summed E-state index contributed by atoms with van der Waals surface area (Å²) in [4.78, 5) is 3.76. The zero-order valence-corrected chi connectivity index (χ0v) is 13.4. The van der Waals surface area contributed by atoms with Gasteiger partial charge in [0.15, 0.2) is 9.84 Å². The zero-order chi connectivity index (χ0) is 17.5. The number of aliphatic hydroxyl groups excluding tert-OH is 1. The molecule has 1 heterocycles. The van der Waals surface area contributed by atoms with Crippen LogP contribution in [0.3, 0.4) is 0 Å². The van der Waals surface area contributed by atoms with Crippen LogP contribution < -0.4 is 4.74 Å². The first kappa shape index (κ1) is 16.4. The number of halogens is 1. The molecule has 0 aliphatic heterocycles. The number of nitriles is 1. The molecule has 1 aliphatic carbocycles. The van der Waals surface area contributed by atoms with Crippen molar-refractivity contribution in [3.05, 3.63) is 47.3 Å². The molecular formula is C16H13FN2O4S. The molecule has 3 rings (SSSR count). The molecule has 0 spiro atoms. The largest absolute Gasteiger partial charge is 0.455 e. The van der Waals surface area contributed by atoms with Crippen molar-refractivity contribution in [2.45, 2.75) is 23.6 Å². The third-order valence-corrected chi connectivity index (χ3v) is 4.94.